The van der Waals surface area contributed by atoms with Crippen LogP contribution in [0, 0.1) is 5.82 Å². The lowest BCUT2D eigenvalue weighted by atomic mass is 9.92. The van der Waals surface area contributed by atoms with Crippen LogP contribution in [0.3, 0.4) is 0 Å². The number of alkyl halides is 4. The molecule has 0 spiro atoms. The fourth-order valence-electron chi connectivity index (χ4n) is 5.76. The van der Waals surface area contributed by atoms with E-state index in [1.807, 2.05) is 4.72 Å². The highest BCUT2D eigenvalue weighted by Crippen LogP contribution is 2.42. The normalized spacial score (nSPS) is 16.1. The van der Waals surface area contributed by atoms with Gasteiger partial charge in [-0.15, -0.1) is 0 Å². The molecule has 1 saturated carbocycles. The molecule has 5 aromatic rings. The van der Waals surface area contributed by atoms with Gasteiger partial charge in [0.2, 0.25) is 5.92 Å². The van der Waals surface area contributed by atoms with Crippen LogP contribution >= 0.6 is 0 Å². The molecule has 16 heteroatoms. The van der Waals surface area contributed by atoms with E-state index >= 15 is 0 Å². The van der Waals surface area contributed by atoms with E-state index < -0.39 is 33.6 Å². The monoisotopic (exact) mass is 675 g/mol. The molecule has 0 saturated heterocycles. The SMILES string of the molecule is C[C@H](Oc1cc(-c2nn(C)c3c(-c4cnn(C5CCC(F)(F)CC5)c4)cnc(N)c23)ccc1NS(=O)(=O)C(F)F)c1ccc(F)cc1. The van der Waals surface area contributed by atoms with E-state index in [1.165, 1.54) is 42.5 Å². The summed E-state index contributed by atoms with van der Waals surface area (Å²) in [7, 11) is -3.35. The van der Waals surface area contributed by atoms with E-state index in [9.17, 15) is 30.4 Å². The van der Waals surface area contributed by atoms with Crippen molar-refractivity contribution < 1.29 is 35.1 Å². The molecular weight excluding hydrogens is 645 g/mol. The number of hydrogen-bond donors (Lipinski definition) is 2. The molecule has 1 atom stereocenters. The van der Waals surface area contributed by atoms with Gasteiger partial charge in [-0.2, -0.15) is 19.0 Å². The maximum Gasteiger partial charge on any atom is 0.355 e. The molecule has 2 aromatic carbocycles. The second-order valence-corrected chi connectivity index (χ2v) is 13.1. The van der Waals surface area contributed by atoms with E-state index in [1.54, 1.807) is 41.9 Å². The van der Waals surface area contributed by atoms with Crippen LogP contribution in [0.1, 0.15) is 50.3 Å². The number of fused-ring (bicyclic) bond motifs is 1. The maximum atomic E-state index is 13.7. The summed E-state index contributed by atoms with van der Waals surface area (Å²) in [6.45, 7) is 1.63. The number of anilines is 2. The smallest absolute Gasteiger partial charge is 0.355 e. The molecule has 0 bridgehead atoms. The molecule has 47 heavy (non-hydrogen) atoms. The summed E-state index contributed by atoms with van der Waals surface area (Å²) < 4.78 is 103. The number of nitrogens with zero attached hydrogens (tertiary/aromatic N) is 5. The van der Waals surface area contributed by atoms with Crippen molar-refractivity contribution in [2.75, 3.05) is 10.5 Å². The summed E-state index contributed by atoms with van der Waals surface area (Å²) in [5, 5.41) is 9.57. The van der Waals surface area contributed by atoms with Gasteiger partial charge in [0.25, 0.3) is 10.0 Å². The number of nitrogen functional groups attached to an aromatic ring is 1. The molecule has 0 unspecified atom stereocenters. The lowest BCUT2D eigenvalue weighted by molar-refractivity contribution is -0.0449. The molecule has 1 aliphatic rings. The number of aryl methyl sites for hydroxylation is 1. The van der Waals surface area contributed by atoms with Crippen LogP contribution in [0.4, 0.5) is 33.5 Å². The minimum absolute atomic E-state index is 0.0932. The van der Waals surface area contributed by atoms with E-state index in [4.69, 9.17) is 10.5 Å². The lowest BCUT2D eigenvalue weighted by Crippen LogP contribution is -2.26. The van der Waals surface area contributed by atoms with Crippen molar-refractivity contribution in [1.82, 2.24) is 24.5 Å². The number of rotatable bonds is 9. The van der Waals surface area contributed by atoms with Gasteiger partial charge in [0.05, 0.1) is 28.8 Å². The summed E-state index contributed by atoms with van der Waals surface area (Å²) in [5.74, 6) is -6.79. The van der Waals surface area contributed by atoms with Gasteiger partial charge < -0.3 is 10.5 Å². The largest absolute Gasteiger partial charge is 0.484 e. The minimum Gasteiger partial charge on any atom is -0.484 e. The first-order valence-corrected chi connectivity index (χ1v) is 16.2. The Morgan fingerprint density at radius 2 is 1.77 bits per heavy atom. The van der Waals surface area contributed by atoms with Crippen molar-refractivity contribution in [3.63, 3.8) is 0 Å². The van der Waals surface area contributed by atoms with Crippen molar-refractivity contribution in [3.05, 3.63) is 72.4 Å². The third-order valence-electron chi connectivity index (χ3n) is 8.25. The Labute approximate surface area is 266 Å². The number of aromatic nitrogens is 5. The molecule has 0 radical (unpaired) electrons. The van der Waals surface area contributed by atoms with Crippen LogP contribution in [0.5, 0.6) is 5.75 Å². The standard InChI is InChI=1S/C31H30F5N7O3S/c1-17(18-3-6-21(32)7-4-18)46-25-13-19(5-8-24(25)41-47(44,45)30(33)34)27-26-28(42(2)40-27)23(15-38-29(26)37)20-14-39-43(16-20)22-9-11-31(35,36)12-10-22/h3-8,13-17,22,30,41H,9-12H2,1-2H3,(H2,37,38)/t17-/m0/s1. The van der Waals surface area contributed by atoms with Crippen molar-refractivity contribution >= 4 is 32.4 Å². The average molecular weight is 676 g/mol. The highest BCUT2D eigenvalue weighted by atomic mass is 32.2. The van der Waals surface area contributed by atoms with Gasteiger partial charge in [0.15, 0.2) is 0 Å². The third kappa shape index (κ3) is 6.46. The van der Waals surface area contributed by atoms with E-state index in [-0.39, 0.29) is 36.1 Å². The fraction of sp³-hybridized carbons (Fsp3) is 0.323. The topological polar surface area (TPSA) is 130 Å². The highest BCUT2D eigenvalue weighted by Gasteiger charge is 2.36. The Morgan fingerprint density at radius 3 is 2.45 bits per heavy atom. The molecule has 3 heterocycles. The molecule has 0 aliphatic heterocycles. The van der Waals surface area contributed by atoms with Crippen LogP contribution in [-0.2, 0) is 17.1 Å². The molecule has 3 N–H and O–H groups in total. The summed E-state index contributed by atoms with van der Waals surface area (Å²) >= 11 is 0. The third-order valence-corrected chi connectivity index (χ3v) is 9.22. The molecule has 10 nitrogen and oxygen atoms in total. The summed E-state index contributed by atoms with van der Waals surface area (Å²) in [6, 6.07) is 9.45. The van der Waals surface area contributed by atoms with Crippen LogP contribution in [-0.4, -0.2) is 44.6 Å². The maximum absolute atomic E-state index is 13.7. The Kier molecular flexibility index (Phi) is 8.32. The van der Waals surface area contributed by atoms with Crippen LogP contribution in [0.15, 0.2) is 61.1 Å². The summed E-state index contributed by atoms with van der Waals surface area (Å²) in [5.41, 5.74) is 9.30. The second-order valence-electron chi connectivity index (χ2n) is 11.5. The number of nitrogens with one attached hydrogen (secondary N) is 1. The fourth-order valence-corrected chi connectivity index (χ4v) is 6.32. The first kappa shape index (κ1) is 32.2. The summed E-state index contributed by atoms with van der Waals surface area (Å²) in [4.78, 5) is 4.38. The van der Waals surface area contributed by atoms with Gasteiger partial charge in [-0.05, 0) is 49.6 Å². The van der Waals surface area contributed by atoms with Gasteiger partial charge in [0.1, 0.15) is 29.2 Å². The number of pyridine rings is 1. The zero-order chi connectivity index (χ0) is 33.7. The predicted octanol–water partition coefficient (Wildman–Crippen LogP) is 7.07. The van der Waals surface area contributed by atoms with Gasteiger partial charge >= 0.3 is 5.76 Å². The van der Waals surface area contributed by atoms with Gasteiger partial charge in [-0.3, -0.25) is 14.1 Å². The number of benzene rings is 2. The highest BCUT2D eigenvalue weighted by molar-refractivity contribution is 7.93. The number of halogens is 5. The zero-order valence-corrected chi connectivity index (χ0v) is 26.0. The molecule has 248 valence electrons. The lowest BCUT2D eigenvalue weighted by Gasteiger charge is -2.28. The number of nitrogens with two attached hydrogens (primary N) is 1. The van der Waals surface area contributed by atoms with E-state index in [0.717, 1.165) is 0 Å². The molecule has 0 amide bonds. The van der Waals surface area contributed by atoms with Gasteiger partial charge in [-0.1, -0.05) is 18.2 Å². The minimum atomic E-state index is -5.05. The van der Waals surface area contributed by atoms with Crippen molar-refractivity contribution in [2.45, 2.75) is 56.4 Å². The first-order valence-electron chi connectivity index (χ1n) is 14.6. The van der Waals surface area contributed by atoms with E-state index in [0.29, 0.717) is 51.7 Å². The molecule has 6 rings (SSSR count). The quantitative estimate of drug-likeness (QED) is 0.160. The Bertz CT molecular complexity index is 2040. The Hall–Kier alpha value is -4.73. The van der Waals surface area contributed by atoms with Gasteiger partial charge in [0, 0.05) is 49.0 Å². The molecule has 1 aliphatic carbocycles. The first-order chi connectivity index (χ1) is 22.2. The van der Waals surface area contributed by atoms with Crippen LogP contribution in [0.25, 0.3) is 33.3 Å². The van der Waals surface area contributed by atoms with E-state index in [2.05, 4.69) is 15.2 Å². The number of sulfonamides is 1. The Morgan fingerprint density at radius 1 is 1.06 bits per heavy atom. The molecular formula is C31H30F5N7O3S. The van der Waals surface area contributed by atoms with Crippen molar-refractivity contribution in [2.24, 2.45) is 7.05 Å². The molecule has 1 fully saturated rings. The number of hydrogen-bond acceptors (Lipinski definition) is 7. The summed E-state index contributed by atoms with van der Waals surface area (Å²) in [6.07, 6.45) is 4.41. The van der Waals surface area contributed by atoms with Crippen molar-refractivity contribution in [1.29, 1.82) is 0 Å². The Balaban J connectivity index is 1.40. The average Bonchev–Trinajstić information content (AvgIpc) is 3.64. The zero-order valence-electron chi connectivity index (χ0n) is 25.2. The predicted molar refractivity (Wildman–Crippen MR) is 166 cm³/mol. The molecule has 3 aromatic heterocycles. The number of ether oxygens (including phenoxy) is 1. The van der Waals surface area contributed by atoms with Crippen LogP contribution in [0.2, 0.25) is 0 Å². The van der Waals surface area contributed by atoms with Crippen molar-refractivity contribution in [3.8, 4) is 28.1 Å². The van der Waals surface area contributed by atoms with Gasteiger partial charge in [-0.25, -0.2) is 26.6 Å². The van der Waals surface area contributed by atoms with Crippen LogP contribution < -0.4 is 15.2 Å². The second kappa shape index (κ2) is 12.1.